The zero-order valence-electron chi connectivity index (χ0n) is 14.6. The number of benzene rings is 1. The molecular weight excluding hydrogens is 372 g/mol. The molecule has 1 fully saturated rings. The average Bonchev–Trinajstić information content (AvgIpc) is 3.16. The first-order valence-electron chi connectivity index (χ1n) is 8.76. The van der Waals surface area contributed by atoms with Gasteiger partial charge >= 0.3 is 5.97 Å². The summed E-state index contributed by atoms with van der Waals surface area (Å²) < 4.78 is 5.20. The topological polar surface area (TPSA) is 59.5 Å². The number of hydrogen-bond acceptors (Lipinski definition) is 5. The Bertz CT molecular complexity index is 793. The van der Waals surface area contributed by atoms with Gasteiger partial charge in [0.25, 0.3) is 5.91 Å². The number of amides is 1. The molecule has 7 heteroatoms. The second-order valence-electron chi connectivity index (χ2n) is 6.27. The van der Waals surface area contributed by atoms with E-state index in [1.54, 1.807) is 17.5 Å². The first-order valence-corrected chi connectivity index (χ1v) is 10.0. The summed E-state index contributed by atoms with van der Waals surface area (Å²) in [6, 6.07) is 7.54. The highest BCUT2D eigenvalue weighted by atomic mass is 35.5. The summed E-state index contributed by atoms with van der Waals surface area (Å²) in [4.78, 5) is 30.7. The molecule has 1 amide bonds. The molecule has 1 atom stereocenters. The molecule has 0 spiro atoms. The van der Waals surface area contributed by atoms with Gasteiger partial charge in [0.15, 0.2) is 12.3 Å². The molecule has 0 bridgehead atoms. The van der Waals surface area contributed by atoms with E-state index < -0.39 is 5.97 Å². The fraction of sp³-hybridized carbons (Fsp3) is 0.421. The van der Waals surface area contributed by atoms with E-state index >= 15 is 0 Å². The first kappa shape index (κ1) is 18.9. The maximum absolute atomic E-state index is 12.4. The lowest BCUT2D eigenvalue weighted by Gasteiger charge is -2.35. The van der Waals surface area contributed by atoms with E-state index in [1.165, 1.54) is 11.3 Å². The first-order chi connectivity index (χ1) is 12.6. The van der Waals surface area contributed by atoms with Crippen molar-refractivity contribution in [2.75, 3.05) is 13.2 Å². The number of likely N-dealkylation sites (tertiary alicyclic amines) is 1. The highest BCUT2D eigenvalue weighted by Crippen LogP contribution is 2.26. The third kappa shape index (κ3) is 4.43. The van der Waals surface area contributed by atoms with E-state index in [2.05, 4.69) is 11.9 Å². The monoisotopic (exact) mass is 392 g/mol. The highest BCUT2D eigenvalue weighted by molar-refractivity contribution is 7.13. The summed E-state index contributed by atoms with van der Waals surface area (Å²) >= 11 is 7.33. The van der Waals surface area contributed by atoms with E-state index in [0.29, 0.717) is 10.0 Å². The Labute approximate surface area is 161 Å². The molecule has 0 saturated carbocycles. The zero-order chi connectivity index (χ0) is 18.5. The molecule has 1 aliphatic heterocycles. The average molecular weight is 393 g/mol. The number of halogens is 1. The van der Waals surface area contributed by atoms with Crippen LogP contribution in [0.4, 0.5) is 0 Å². The number of carbonyl (C=O) groups is 2. The fourth-order valence-corrected chi connectivity index (χ4v) is 4.14. The molecule has 2 aromatic rings. The summed E-state index contributed by atoms with van der Waals surface area (Å²) in [6.45, 7) is 2.58. The van der Waals surface area contributed by atoms with Crippen LogP contribution in [0.2, 0.25) is 5.02 Å². The van der Waals surface area contributed by atoms with Gasteiger partial charge in [-0.3, -0.25) is 4.79 Å². The van der Waals surface area contributed by atoms with Crippen LogP contribution in [0.3, 0.4) is 0 Å². The van der Waals surface area contributed by atoms with Crippen LogP contribution < -0.4 is 0 Å². The highest BCUT2D eigenvalue weighted by Gasteiger charge is 2.26. The number of carbonyl (C=O) groups excluding carboxylic acids is 2. The summed E-state index contributed by atoms with van der Waals surface area (Å²) in [6.07, 6.45) is 4.10. The Kier molecular flexibility index (Phi) is 6.27. The quantitative estimate of drug-likeness (QED) is 0.707. The summed E-state index contributed by atoms with van der Waals surface area (Å²) in [5.74, 6) is -0.705. The van der Waals surface area contributed by atoms with Crippen molar-refractivity contribution in [3.63, 3.8) is 0 Å². The van der Waals surface area contributed by atoms with Crippen molar-refractivity contribution in [2.45, 2.75) is 38.6 Å². The van der Waals surface area contributed by atoms with Crippen molar-refractivity contribution in [2.24, 2.45) is 0 Å². The SMILES string of the molecule is CCC1CCCCN1C(=O)COC(=O)c1csc(-c2cccc(Cl)c2)n1. The van der Waals surface area contributed by atoms with Gasteiger partial charge in [-0.25, -0.2) is 9.78 Å². The Morgan fingerprint density at radius 1 is 1.38 bits per heavy atom. The molecule has 1 saturated heterocycles. The second kappa shape index (κ2) is 8.64. The van der Waals surface area contributed by atoms with Crippen LogP contribution in [-0.4, -0.2) is 41.0 Å². The molecule has 0 radical (unpaired) electrons. The summed E-state index contributed by atoms with van der Waals surface area (Å²) in [7, 11) is 0. The third-order valence-corrected chi connectivity index (χ3v) is 5.66. The number of piperidine rings is 1. The van der Waals surface area contributed by atoms with E-state index in [4.69, 9.17) is 16.3 Å². The van der Waals surface area contributed by atoms with Crippen LogP contribution in [0.5, 0.6) is 0 Å². The number of aromatic nitrogens is 1. The minimum atomic E-state index is -0.576. The van der Waals surface area contributed by atoms with Gasteiger partial charge in [0.05, 0.1) is 0 Å². The molecule has 0 N–H and O–H groups in total. The predicted molar refractivity (Wildman–Crippen MR) is 102 cm³/mol. The Morgan fingerprint density at radius 3 is 3.00 bits per heavy atom. The van der Waals surface area contributed by atoms with Crippen LogP contribution in [0.1, 0.15) is 43.1 Å². The zero-order valence-corrected chi connectivity index (χ0v) is 16.2. The lowest BCUT2D eigenvalue weighted by molar-refractivity contribution is -0.138. The van der Waals surface area contributed by atoms with Gasteiger partial charge in [-0.15, -0.1) is 11.3 Å². The number of thiazole rings is 1. The van der Waals surface area contributed by atoms with Crippen molar-refractivity contribution >= 4 is 34.8 Å². The van der Waals surface area contributed by atoms with E-state index in [1.807, 2.05) is 17.0 Å². The van der Waals surface area contributed by atoms with Crippen LogP contribution in [0, 0.1) is 0 Å². The van der Waals surface area contributed by atoms with Crippen molar-refractivity contribution in [3.05, 3.63) is 40.4 Å². The Balaban J connectivity index is 1.59. The largest absolute Gasteiger partial charge is 0.451 e. The number of ether oxygens (including phenoxy) is 1. The standard InChI is InChI=1S/C19H21ClN2O3S/c1-2-15-8-3-4-9-22(15)17(23)11-25-19(24)16-12-26-18(21-16)13-6-5-7-14(20)10-13/h5-7,10,12,15H,2-4,8-9,11H2,1H3. The minimum Gasteiger partial charge on any atom is -0.451 e. The summed E-state index contributed by atoms with van der Waals surface area (Å²) in [5.41, 5.74) is 1.06. The molecule has 3 rings (SSSR count). The predicted octanol–water partition coefficient (Wildman–Crippen LogP) is 4.41. The van der Waals surface area contributed by atoms with Crippen molar-refractivity contribution in [1.82, 2.24) is 9.88 Å². The van der Waals surface area contributed by atoms with Crippen LogP contribution in [0.15, 0.2) is 29.6 Å². The number of esters is 1. The normalized spacial score (nSPS) is 17.2. The second-order valence-corrected chi connectivity index (χ2v) is 7.56. The van der Waals surface area contributed by atoms with Gasteiger partial charge in [-0.1, -0.05) is 30.7 Å². The molecule has 1 aromatic heterocycles. The Hall–Kier alpha value is -1.92. The maximum atomic E-state index is 12.4. The van der Waals surface area contributed by atoms with Gasteiger partial charge < -0.3 is 9.64 Å². The molecule has 1 unspecified atom stereocenters. The van der Waals surface area contributed by atoms with E-state index in [-0.39, 0.29) is 24.2 Å². The third-order valence-electron chi connectivity index (χ3n) is 4.53. The summed E-state index contributed by atoms with van der Waals surface area (Å²) in [5, 5.41) is 2.94. The number of nitrogens with zero attached hydrogens (tertiary/aromatic N) is 2. The van der Waals surface area contributed by atoms with Crippen LogP contribution in [0.25, 0.3) is 10.6 Å². The van der Waals surface area contributed by atoms with Crippen molar-refractivity contribution in [1.29, 1.82) is 0 Å². The van der Waals surface area contributed by atoms with Crippen LogP contribution >= 0.6 is 22.9 Å². The minimum absolute atomic E-state index is 0.129. The molecule has 0 aliphatic carbocycles. The maximum Gasteiger partial charge on any atom is 0.358 e. The molecular formula is C19H21ClN2O3S. The lowest BCUT2D eigenvalue weighted by Crippen LogP contribution is -2.45. The van der Waals surface area contributed by atoms with Gasteiger partial charge in [-0.2, -0.15) is 0 Å². The van der Waals surface area contributed by atoms with Gasteiger partial charge in [0.2, 0.25) is 0 Å². The smallest absolute Gasteiger partial charge is 0.358 e. The molecule has 1 aromatic carbocycles. The van der Waals surface area contributed by atoms with E-state index in [0.717, 1.165) is 37.8 Å². The van der Waals surface area contributed by atoms with Gasteiger partial charge in [-0.05, 0) is 37.8 Å². The molecule has 1 aliphatic rings. The number of hydrogen-bond donors (Lipinski definition) is 0. The molecule has 138 valence electrons. The molecule has 5 nitrogen and oxygen atoms in total. The van der Waals surface area contributed by atoms with Crippen molar-refractivity contribution in [3.8, 4) is 10.6 Å². The molecule has 2 heterocycles. The van der Waals surface area contributed by atoms with Gasteiger partial charge in [0, 0.05) is 28.6 Å². The van der Waals surface area contributed by atoms with Gasteiger partial charge in [0.1, 0.15) is 5.01 Å². The van der Waals surface area contributed by atoms with Crippen LogP contribution in [-0.2, 0) is 9.53 Å². The fourth-order valence-electron chi connectivity index (χ4n) is 3.16. The lowest BCUT2D eigenvalue weighted by atomic mass is 10.00. The Morgan fingerprint density at radius 2 is 2.23 bits per heavy atom. The number of rotatable bonds is 5. The molecule has 26 heavy (non-hydrogen) atoms. The van der Waals surface area contributed by atoms with Crippen molar-refractivity contribution < 1.29 is 14.3 Å². The van der Waals surface area contributed by atoms with E-state index in [9.17, 15) is 9.59 Å².